The van der Waals surface area contributed by atoms with Crippen molar-refractivity contribution in [2.75, 3.05) is 52.0 Å². The predicted molar refractivity (Wildman–Crippen MR) is 82.1 cm³/mol. The van der Waals surface area contributed by atoms with Crippen LogP contribution < -0.4 is 11.1 Å². The lowest BCUT2D eigenvalue weighted by Crippen LogP contribution is -2.46. The summed E-state index contributed by atoms with van der Waals surface area (Å²) < 4.78 is 0. The van der Waals surface area contributed by atoms with E-state index in [0.717, 1.165) is 32.7 Å². The Kier molecular flexibility index (Phi) is 5.23. The van der Waals surface area contributed by atoms with Gasteiger partial charge >= 0.3 is 0 Å². The Morgan fingerprint density at radius 3 is 2.70 bits per heavy atom. The molecule has 1 heterocycles. The maximum absolute atomic E-state index is 12.1. The predicted octanol–water partition coefficient (Wildman–Crippen LogP) is 0.899. The summed E-state index contributed by atoms with van der Waals surface area (Å²) in [6.07, 6.45) is 0. The molecule has 1 aromatic carbocycles. The molecule has 0 unspecified atom stereocenters. The molecule has 5 nitrogen and oxygen atoms in total. The van der Waals surface area contributed by atoms with E-state index >= 15 is 0 Å². The van der Waals surface area contributed by atoms with Gasteiger partial charge in [0.2, 0.25) is 0 Å². The summed E-state index contributed by atoms with van der Waals surface area (Å²) >= 11 is 6.01. The van der Waals surface area contributed by atoms with Crippen LogP contribution >= 0.6 is 11.6 Å². The first-order chi connectivity index (χ1) is 9.58. The Bertz CT molecular complexity index is 452. The van der Waals surface area contributed by atoms with Crippen LogP contribution in [0.3, 0.4) is 0 Å². The van der Waals surface area contributed by atoms with Crippen molar-refractivity contribution in [2.24, 2.45) is 0 Å². The normalized spacial score (nSPS) is 17.1. The van der Waals surface area contributed by atoms with Crippen LogP contribution in [-0.2, 0) is 0 Å². The van der Waals surface area contributed by atoms with Crippen molar-refractivity contribution >= 4 is 23.2 Å². The van der Waals surface area contributed by atoms with Crippen molar-refractivity contribution in [3.8, 4) is 0 Å². The quantitative estimate of drug-likeness (QED) is 0.811. The minimum absolute atomic E-state index is 0.206. The van der Waals surface area contributed by atoms with Gasteiger partial charge in [0.25, 0.3) is 5.91 Å². The zero-order valence-corrected chi connectivity index (χ0v) is 12.5. The molecule has 1 amide bonds. The second-order valence-corrected chi connectivity index (χ2v) is 5.51. The monoisotopic (exact) mass is 296 g/mol. The molecule has 20 heavy (non-hydrogen) atoms. The van der Waals surface area contributed by atoms with Crippen LogP contribution in [0.5, 0.6) is 0 Å². The molecule has 1 saturated heterocycles. The number of nitrogens with two attached hydrogens (primary N) is 1. The standard InChI is InChI=1S/C14H21ClN4O/c1-18-7-9-19(10-8-18)6-5-17-14(20)13-11(15)3-2-4-12(13)16/h2-4H,5-10,16H2,1H3,(H,17,20). The second kappa shape index (κ2) is 6.92. The van der Waals surface area contributed by atoms with E-state index in [1.807, 2.05) is 0 Å². The number of anilines is 1. The van der Waals surface area contributed by atoms with E-state index in [4.69, 9.17) is 17.3 Å². The number of piperazine rings is 1. The highest BCUT2D eigenvalue weighted by Gasteiger charge is 2.15. The third kappa shape index (κ3) is 3.85. The van der Waals surface area contributed by atoms with Gasteiger partial charge in [0.15, 0.2) is 0 Å². The number of nitrogens with one attached hydrogen (secondary N) is 1. The lowest BCUT2D eigenvalue weighted by atomic mass is 10.1. The topological polar surface area (TPSA) is 61.6 Å². The molecule has 0 atom stereocenters. The smallest absolute Gasteiger partial charge is 0.254 e. The van der Waals surface area contributed by atoms with Crippen LogP contribution in [0.4, 0.5) is 5.69 Å². The number of amides is 1. The second-order valence-electron chi connectivity index (χ2n) is 5.10. The molecular weight excluding hydrogens is 276 g/mol. The number of carbonyl (C=O) groups excluding carboxylic acids is 1. The fourth-order valence-electron chi connectivity index (χ4n) is 2.27. The maximum Gasteiger partial charge on any atom is 0.254 e. The molecule has 6 heteroatoms. The molecule has 0 bridgehead atoms. The third-order valence-corrected chi connectivity index (χ3v) is 3.90. The molecular formula is C14H21ClN4O. The van der Waals surface area contributed by atoms with Gasteiger partial charge in [-0.2, -0.15) is 0 Å². The van der Waals surface area contributed by atoms with E-state index in [1.165, 1.54) is 0 Å². The molecule has 0 spiro atoms. The molecule has 110 valence electrons. The number of nitrogens with zero attached hydrogens (tertiary/aromatic N) is 2. The minimum Gasteiger partial charge on any atom is -0.398 e. The van der Waals surface area contributed by atoms with E-state index in [1.54, 1.807) is 18.2 Å². The van der Waals surface area contributed by atoms with Crippen LogP contribution in [0.1, 0.15) is 10.4 Å². The Labute approximate surface area is 124 Å². The Hall–Kier alpha value is -1.30. The lowest BCUT2D eigenvalue weighted by Gasteiger charge is -2.32. The number of carbonyl (C=O) groups is 1. The number of benzene rings is 1. The summed E-state index contributed by atoms with van der Waals surface area (Å²) in [5.41, 5.74) is 6.57. The molecule has 2 rings (SSSR count). The van der Waals surface area contributed by atoms with Gasteiger partial charge in [0, 0.05) is 45.0 Å². The Morgan fingerprint density at radius 2 is 2.05 bits per heavy atom. The summed E-state index contributed by atoms with van der Waals surface area (Å²) in [6, 6.07) is 5.09. The number of nitrogen functional groups attached to an aromatic ring is 1. The van der Waals surface area contributed by atoms with E-state index in [9.17, 15) is 4.79 Å². The SMILES string of the molecule is CN1CCN(CCNC(=O)c2c(N)cccc2Cl)CC1. The van der Waals surface area contributed by atoms with Gasteiger partial charge < -0.3 is 16.0 Å². The van der Waals surface area contributed by atoms with Crippen LogP contribution in [-0.4, -0.2) is 62.0 Å². The molecule has 1 aliphatic heterocycles. The van der Waals surface area contributed by atoms with Crippen LogP contribution in [0.2, 0.25) is 5.02 Å². The Balaban J connectivity index is 1.81. The molecule has 1 aliphatic rings. The van der Waals surface area contributed by atoms with Gasteiger partial charge in [-0.05, 0) is 19.2 Å². The van der Waals surface area contributed by atoms with E-state index in [2.05, 4.69) is 22.2 Å². The summed E-state index contributed by atoms with van der Waals surface area (Å²) in [4.78, 5) is 16.7. The number of halogens is 1. The fourth-order valence-corrected chi connectivity index (χ4v) is 2.54. The van der Waals surface area contributed by atoms with Gasteiger partial charge in [-0.1, -0.05) is 17.7 Å². The van der Waals surface area contributed by atoms with E-state index in [0.29, 0.717) is 22.8 Å². The van der Waals surface area contributed by atoms with Gasteiger partial charge in [-0.15, -0.1) is 0 Å². The van der Waals surface area contributed by atoms with E-state index < -0.39 is 0 Å². The van der Waals surface area contributed by atoms with Gasteiger partial charge in [0.1, 0.15) is 0 Å². The highest BCUT2D eigenvalue weighted by atomic mass is 35.5. The number of rotatable bonds is 4. The molecule has 0 aliphatic carbocycles. The van der Waals surface area contributed by atoms with E-state index in [-0.39, 0.29) is 5.91 Å². The van der Waals surface area contributed by atoms with Crippen molar-refractivity contribution in [2.45, 2.75) is 0 Å². The summed E-state index contributed by atoms with van der Waals surface area (Å²) in [7, 11) is 2.12. The van der Waals surface area contributed by atoms with Crippen molar-refractivity contribution in [1.29, 1.82) is 0 Å². The molecule has 0 saturated carbocycles. The zero-order valence-electron chi connectivity index (χ0n) is 11.7. The Morgan fingerprint density at radius 1 is 1.35 bits per heavy atom. The molecule has 1 aromatic rings. The summed E-state index contributed by atoms with van der Waals surface area (Å²) in [6.45, 7) is 5.69. The third-order valence-electron chi connectivity index (χ3n) is 3.58. The zero-order chi connectivity index (χ0) is 14.5. The van der Waals surface area contributed by atoms with Gasteiger partial charge in [0.05, 0.1) is 10.6 Å². The first-order valence-electron chi connectivity index (χ1n) is 6.81. The summed E-state index contributed by atoms with van der Waals surface area (Å²) in [5, 5.41) is 3.27. The first-order valence-corrected chi connectivity index (χ1v) is 7.19. The van der Waals surface area contributed by atoms with Crippen molar-refractivity contribution in [3.63, 3.8) is 0 Å². The molecule has 3 N–H and O–H groups in total. The average molecular weight is 297 g/mol. The average Bonchev–Trinajstić information content (AvgIpc) is 2.41. The number of hydrogen-bond donors (Lipinski definition) is 2. The molecule has 0 aromatic heterocycles. The molecule has 1 fully saturated rings. The highest BCUT2D eigenvalue weighted by molar-refractivity contribution is 6.34. The highest BCUT2D eigenvalue weighted by Crippen LogP contribution is 2.21. The summed E-state index contributed by atoms with van der Waals surface area (Å²) in [5.74, 6) is -0.206. The van der Waals surface area contributed by atoms with Crippen molar-refractivity contribution < 1.29 is 4.79 Å². The van der Waals surface area contributed by atoms with Gasteiger partial charge in [-0.3, -0.25) is 9.69 Å². The lowest BCUT2D eigenvalue weighted by molar-refractivity contribution is 0.0942. The van der Waals surface area contributed by atoms with Crippen molar-refractivity contribution in [3.05, 3.63) is 28.8 Å². The number of likely N-dealkylation sites (N-methyl/N-ethyl adjacent to an activating group) is 1. The van der Waals surface area contributed by atoms with Crippen LogP contribution in [0, 0.1) is 0 Å². The molecule has 0 radical (unpaired) electrons. The van der Waals surface area contributed by atoms with Crippen LogP contribution in [0.15, 0.2) is 18.2 Å². The maximum atomic E-state index is 12.1. The fraction of sp³-hybridized carbons (Fsp3) is 0.500. The van der Waals surface area contributed by atoms with Gasteiger partial charge in [-0.25, -0.2) is 0 Å². The first kappa shape index (κ1) is 15.1. The van der Waals surface area contributed by atoms with Crippen LogP contribution in [0.25, 0.3) is 0 Å². The largest absolute Gasteiger partial charge is 0.398 e. The number of hydrogen-bond acceptors (Lipinski definition) is 4. The minimum atomic E-state index is -0.206. The van der Waals surface area contributed by atoms with Crippen molar-refractivity contribution in [1.82, 2.24) is 15.1 Å².